The molecule has 6 heteroatoms. The minimum atomic E-state index is -0.509. The second-order valence-electron chi connectivity index (χ2n) is 6.88. The van der Waals surface area contributed by atoms with E-state index in [1.165, 1.54) is 6.33 Å². The van der Waals surface area contributed by atoms with Gasteiger partial charge in [0, 0.05) is 10.0 Å². The zero-order valence-electron chi connectivity index (χ0n) is 13.7. The molecule has 0 amide bonds. The fourth-order valence-corrected chi connectivity index (χ4v) is 3.13. The normalized spacial score (nSPS) is 14.7. The molecular formula is C17H23Cl2N3O. The van der Waals surface area contributed by atoms with Crippen LogP contribution in [0, 0.1) is 5.41 Å². The van der Waals surface area contributed by atoms with E-state index in [4.69, 9.17) is 23.2 Å². The van der Waals surface area contributed by atoms with Gasteiger partial charge in [-0.25, -0.2) is 9.67 Å². The number of nitrogens with zero attached hydrogens (tertiary/aromatic N) is 3. The first-order chi connectivity index (χ1) is 10.8. The van der Waals surface area contributed by atoms with Gasteiger partial charge >= 0.3 is 0 Å². The summed E-state index contributed by atoms with van der Waals surface area (Å²) in [5.41, 5.74) is 0.841. The van der Waals surface area contributed by atoms with Crippen molar-refractivity contribution in [3.63, 3.8) is 0 Å². The topological polar surface area (TPSA) is 50.9 Å². The minimum Gasteiger partial charge on any atom is -0.390 e. The van der Waals surface area contributed by atoms with Gasteiger partial charge in [-0.2, -0.15) is 5.10 Å². The van der Waals surface area contributed by atoms with Gasteiger partial charge in [-0.05, 0) is 42.4 Å². The molecule has 0 aliphatic rings. The Hall–Kier alpha value is -1.10. The third-order valence-corrected chi connectivity index (χ3v) is 4.58. The third-order valence-electron chi connectivity index (χ3n) is 3.99. The zero-order chi connectivity index (χ0) is 17.0. The van der Waals surface area contributed by atoms with Crippen molar-refractivity contribution in [2.75, 3.05) is 0 Å². The summed E-state index contributed by atoms with van der Waals surface area (Å²) < 4.78 is 1.75. The molecule has 0 radical (unpaired) electrons. The molecule has 0 saturated carbocycles. The molecule has 2 rings (SSSR count). The van der Waals surface area contributed by atoms with Crippen molar-refractivity contribution in [3.8, 4) is 0 Å². The lowest BCUT2D eigenvalue weighted by atomic mass is 9.83. The van der Waals surface area contributed by atoms with Crippen molar-refractivity contribution in [2.24, 2.45) is 5.41 Å². The van der Waals surface area contributed by atoms with Gasteiger partial charge in [-0.3, -0.25) is 0 Å². The zero-order valence-corrected chi connectivity index (χ0v) is 15.2. The predicted octanol–water partition coefficient (Wildman–Crippen LogP) is 4.56. The summed E-state index contributed by atoms with van der Waals surface area (Å²) >= 11 is 12.1. The second kappa shape index (κ2) is 7.65. The number of aryl methyl sites for hydroxylation is 1. The Morgan fingerprint density at radius 3 is 2.57 bits per heavy atom. The van der Waals surface area contributed by atoms with Gasteiger partial charge in [0.05, 0.1) is 12.1 Å². The van der Waals surface area contributed by atoms with E-state index in [-0.39, 0.29) is 11.5 Å². The summed E-state index contributed by atoms with van der Waals surface area (Å²) in [6.45, 7) is 6.08. The lowest BCUT2D eigenvalue weighted by Gasteiger charge is -2.33. The Bertz CT molecular complexity index is 623. The highest BCUT2D eigenvalue weighted by molar-refractivity contribution is 6.35. The molecule has 1 heterocycles. The molecule has 0 aliphatic carbocycles. The summed E-state index contributed by atoms with van der Waals surface area (Å²) in [6.07, 6.45) is 5.16. The SMILES string of the molecule is CC(C)(C)C(O)C(CCCc1ccc(Cl)cc1Cl)n1cncn1. The quantitative estimate of drug-likeness (QED) is 0.826. The number of aromatic nitrogens is 3. The van der Waals surface area contributed by atoms with E-state index in [1.807, 2.05) is 32.9 Å². The second-order valence-corrected chi connectivity index (χ2v) is 7.73. The van der Waals surface area contributed by atoms with Crippen LogP contribution in [0.5, 0.6) is 0 Å². The first kappa shape index (κ1) is 18.2. The predicted molar refractivity (Wildman–Crippen MR) is 93.9 cm³/mol. The smallest absolute Gasteiger partial charge is 0.137 e. The molecule has 0 aliphatic heterocycles. The Balaban J connectivity index is 2.04. The Morgan fingerprint density at radius 1 is 1.26 bits per heavy atom. The summed E-state index contributed by atoms with van der Waals surface area (Å²) in [7, 11) is 0. The first-order valence-electron chi connectivity index (χ1n) is 7.75. The average Bonchev–Trinajstić information content (AvgIpc) is 2.98. The van der Waals surface area contributed by atoms with E-state index >= 15 is 0 Å². The maximum atomic E-state index is 10.7. The highest BCUT2D eigenvalue weighted by atomic mass is 35.5. The molecule has 0 spiro atoms. The van der Waals surface area contributed by atoms with E-state index in [0.29, 0.717) is 10.0 Å². The Kier molecular flexibility index (Phi) is 6.06. The molecule has 2 unspecified atom stereocenters. The summed E-state index contributed by atoms with van der Waals surface area (Å²) in [5, 5.41) is 16.2. The molecule has 1 aromatic carbocycles. The number of hydrogen-bond donors (Lipinski definition) is 1. The van der Waals surface area contributed by atoms with Crippen molar-refractivity contribution in [1.29, 1.82) is 0 Å². The van der Waals surface area contributed by atoms with Crippen molar-refractivity contribution >= 4 is 23.2 Å². The Labute approximate surface area is 147 Å². The molecule has 4 nitrogen and oxygen atoms in total. The minimum absolute atomic E-state index is 0.108. The van der Waals surface area contributed by atoms with E-state index in [2.05, 4.69) is 10.1 Å². The third kappa shape index (κ3) is 4.93. The van der Waals surface area contributed by atoms with E-state index in [9.17, 15) is 5.11 Å². The molecule has 0 saturated heterocycles. The van der Waals surface area contributed by atoms with Crippen LogP contribution in [0.2, 0.25) is 10.0 Å². The first-order valence-corrected chi connectivity index (χ1v) is 8.50. The number of benzene rings is 1. The summed E-state index contributed by atoms with van der Waals surface area (Å²) in [6, 6.07) is 5.46. The standard InChI is InChI=1S/C17H23Cl2N3O/c1-17(2,3)16(23)15(22-11-20-10-21-22)6-4-5-12-7-8-13(18)9-14(12)19/h7-11,15-16,23H,4-6H2,1-3H3. The van der Waals surface area contributed by atoms with Crippen LogP contribution in [0.3, 0.4) is 0 Å². The lowest BCUT2D eigenvalue weighted by Crippen LogP contribution is -2.36. The van der Waals surface area contributed by atoms with Crippen molar-refractivity contribution in [2.45, 2.75) is 52.2 Å². The van der Waals surface area contributed by atoms with Crippen LogP contribution in [0.4, 0.5) is 0 Å². The van der Waals surface area contributed by atoms with Gasteiger partial charge in [0.15, 0.2) is 0 Å². The van der Waals surface area contributed by atoms with E-state index in [0.717, 1.165) is 24.8 Å². The molecule has 1 N–H and O–H groups in total. The van der Waals surface area contributed by atoms with Crippen LogP contribution < -0.4 is 0 Å². The van der Waals surface area contributed by atoms with Crippen molar-refractivity contribution in [3.05, 3.63) is 46.5 Å². The highest BCUT2D eigenvalue weighted by Gasteiger charge is 2.31. The van der Waals surface area contributed by atoms with Gasteiger partial charge < -0.3 is 5.11 Å². The fraction of sp³-hybridized carbons (Fsp3) is 0.529. The van der Waals surface area contributed by atoms with Crippen LogP contribution in [0.25, 0.3) is 0 Å². The number of halogens is 2. The fourth-order valence-electron chi connectivity index (χ4n) is 2.63. The molecular weight excluding hydrogens is 333 g/mol. The van der Waals surface area contributed by atoms with Gasteiger partial charge in [-0.15, -0.1) is 0 Å². The summed E-state index contributed by atoms with van der Waals surface area (Å²) in [4.78, 5) is 4.00. The van der Waals surface area contributed by atoms with Crippen LogP contribution in [0.15, 0.2) is 30.9 Å². The van der Waals surface area contributed by atoms with Crippen molar-refractivity contribution < 1.29 is 5.11 Å². The van der Waals surface area contributed by atoms with Crippen LogP contribution >= 0.6 is 23.2 Å². The molecule has 0 fully saturated rings. The van der Waals surface area contributed by atoms with Gasteiger partial charge in [0.1, 0.15) is 12.7 Å². The largest absolute Gasteiger partial charge is 0.390 e. The van der Waals surface area contributed by atoms with Crippen LogP contribution in [-0.4, -0.2) is 26.0 Å². The summed E-state index contributed by atoms with van der Waals surface area (Å²) in [5.74, 6) is 0. The molecule has 2 aromatic rings. The van der Waals surface area contributed by atoms with E-state index < -0.39 is 6.10 Å². The molecule has 1 aromatic heterocycles. The maximum Gasteiger partial charge on any atom is 0.137 e. The van der Waals surface area contributed by atoms with Gasteiger partial charge in [-0.1, -0.05) is 50.0 Å². The molecule has 126 valence electrons. The van der Waals surface area contributed by atoms with Crippen LogP contribution in [0.1, 0.15) is 45.2 Å². The average molecular weight is 356 g/mol. The van der Waals surface area contributed by atoms with Gasteiger partial charge in [0.25, 0.3) is 0 Å². The van der Waals surface area contributed by atoms with Crippen LogP contribution in [-0.2, 0) is 6.42 Å². The van der Waals surface area contributed by atoms with Crippen molar-refractivity contribution in [1.82, 2.24) is 14.8 Å². The molecule has 2 atom stereocenters. The molecule has 23 heavy (non-hydrogen) atoms. The molecule has 0 bridgehead atoms. The lowest BCUT2D eigenvalue weighted by molar-refractivity contribution is 0.00870. The van der Waals surface area contributed by atoms with Gasteiger partial charge in [0.2, 0.25) is 0 Å². The number of aliphatic hydroxyl groups is 1. The maximum absolute atomic E-state index is 10.7. The Morgan fingerprint density at radius 2 is 2.00 bits per heavy atom. The highest BCUT2D eigenvalue weighted by Crippen LogP contribution is 2.31. The number of rotatable bonds is 6. The number of aliphatic hydroxyl groups excluding tert-OH is 1. The monoisotopic (exact) mass is 355 g/mol. The number of hydrogen-bond acceptors (Lipinski definition) is 3. The van der Waals surface area contributed by atoms with E-state index in [1.54, 1.807) is 17.1 Å².